The Morgan fingerprint density at radius 1 is 1.14 bits per heavy atom. The number of ether oxygens (including phenoxy) is 1. The molecule has 16 heteroatoms. The van der Waals surface area contributed by atoms with E-state index in [4.69, 9.17) is 4.74 Å². The second-order valence-corrected chi connectivity index (χ2v) is 11.4. The average molecular weight is 576 g/mol. The minimum atomic E-state index is -6.04. The third-order valence-electron chi connectivity index (χ3n) is 4.03. The minimum absolute atomic E-state index is 0.0214. The number of amides is 1. The summed E-state index contributed by atoms with van der Waals surface area (Å²) in [6.07, 6.45) is 2.66. The van der Waals surface area contributed by atoms with Crippen molar-refractivity contribution < 1.29 is 53.1 Å². The standard InChI is InChI=1S/C18H21NO4S.C2H3F3O5S2/c1-2-3-5-10-14(20)16-15(21)12-24-17(16)19-18(22)23-11-13-8-6-4-7-9-13;1-11(6,7)10-12(8,9)2(3,4)5/h4,6-9,20H,2-3,5,10-12H2,1H3;1H3. The first-order valence-corrected chi connectivity index (χ1v) is 14.4. The van der Waals surface area contributed by atoms with E-state index in [1.165, 1.54) is 0 Å². The summed E-state index contributed by atoms with van der Waals surface area (Å²) in [7, 11) is -10.7. The number of nitrogens with zero attached hydrogens (tertiary/aromatic N) is 1. The Labute approximate surface area is 210 Å². The number of carbonyl (C=O) groups is 2. The molecule has 10 nitrogen and oxygen atoms in total. The number of hydrogen-bond donors (Lipinski definition) is 1. The van der Waals surface area contributed by atoms with Crippen LogP contribution in [-0.4, -0.2) is 56.4 Å². The van der Waals surface area contributed by atoms with Crippen molar-refractivity contribution in [3.05, 3.63) is 47.2 Å². The lowest BCUT2D eigenvalue weighted by Gasteiger charge is -2.05. The first kappa shape index (κ1) is 31.6. The molecule has 0 unspecified atom stereocenters. The van der Waals surface area contributed by atoms with Gasteiger partial charge in [0.2, 0.25) is 0 Å². The van der Waals surface area contributed by atoms with Crippen LogP contribution in [0.3, 0.4) is 0 Å². The number of Topliss-reactive ketones (excluding diaryl/α,β-unsaturated/α-hetero) is 1. The van der Waals surface area contributed by atoms with Crippen LogP contribution < -0.4 is 0 Å². The Kier molecular flexibility index (Phi) is 12.1. The number of ketones is 1. The summed E-state index contributed by atoms with van der Waals surface area (Å²) in [5, 5.41) is 10.4. The lowest BCUT2D eigenvalue weighted by atomic mass is 10.1. The second-order valence-electron chi connectivity index (χ2n) is 7.12. The third-order valence-corrected chi connectivity index (χ3v) is 7.28. The average Bonchev–Trinajstić information content (AvgIpc) is 3.11. The summed E-state index contributed by atoms with van der Waals surface area (Å²) in [6, 6.07) is 9.29. The van der Waals surface area contributed by atoms with Gasteiger partial charge in [0.25, 0.3) is 10.1 Å². The van der Waals surface area contributed by atoms with E-state index in [9.17, 15) is 44.7 Å². The number of aliphatic hydroxyl groups excluding tert-OH is 1. The van der Waals surface area contributed by atoms with Crippen molar-refractivity contribution in [1.82, 2.24) is 0 Å². The molecule has 1 aliphatic rings. The molecule has 2 rings (SSSR count). The van der Waals surface area contributed by atoms with Crippen LogP contribution in [-0.2, 0) is 40.0 Å². The Morgan fingerprint density at radius 3 is 2.25 bits per heavy atom. The number of thioether (sulfide) groups is 1. The molecule has 202 valence electrons. The van der Waals surface area contributed by atoms with Crippen LogP contribution in [0, 0.1) is 0 Å². The second kappa shape index (κ2) is 13.8. The number of benzene rings is 1. The number of hydrogen-bond acceptors (Lipinski definition) is 10. The fourth-order valence-electron chi connectivity index (χ4n) is 2.47. The smallest absolute Gasteiger partial charge is 0.511 e. The van der Waals surface area contributed by atoms with Gasteiger partial charge in [-0.25, -0.2) is 4.79 Å². The van der Waals surface area contributed by atoms with E-state index >= 15 is 0 Å². The molecule has 0 saturated carbocycles. The van der Waals surface area contributed by atoms with E-state index in [1.54, 1.807) is 0 Å². The van der Waals surface area contributed by atoms with Gasteiger partial charge in [0, 0.05) is 6.42 Å². The van der Waals surface area contributed by atoms with Gasteiger partial charge in [-0.05, 0) is 12.0 Å². The quantitative estimate of drug-likeness (QED) is 0.206. The number of aliphatic hydroxyl groups is 1. The zero-order chi connectivity index (χ0) is 27.6. The highest BCUT2D eigenvalue weighted by molar-refractivity contribution is 8.16. The molecule has 0 atom stereocenters. The van der Waals surface area contributed by atoms with Crippen molar-refractivity contribution in [3.63, 3.8) is 0 Å². The summed E-state index contributed by atoms with van der Waals surface area (Å²) in [6.45, 7) is 2.19. The lowest BCUT2D eigenvalue weighted by Crippen LogP contribution is -2.27. The van der Waals surface area contributed by atoms with Crippen LogP contribution in [0.2, 0.25) is 0 Å². The van der Waals surface area contributed by atoms with E-state index < -0.39 is 31.8 Å². The van der Waals surface area contributed by atoms with Crippen molar-refractivity contribution in [2.45, 2.75) is 44.7 Å². The van der Waals surface area contributed by atoms with Crippen molar-refractivity contribution >= 4 is 48.9 Å². The highest BCUT2D eigenvalue weighted by Gasteiger charge is 2.49. The molecule has 1 heterocycles. The summed E-state index contributed by atoms with van der Waals surface area (Å²) in [5.74, 6) is 0.0227. The molecule has 1 saturated heterocycles. The van der Waals surface area contributed by atoms with Gasteiger partial charge in [0.1, 0.15) is 17.4 Å². The van der Waals surface area contributed by atoms with Crippen molar-refractivity contribution in [2.24, 2.45) is 4.99 Å². The molecule has 0 aliphatic carbocycles. The van der Waals surface area contributed by atoms with Gasteiger partial charge in [-0.2, -0.15) is 35.0 Å². The van der Waals surface area contributed by atoms with E-state index in [0.29, 0.717) is 6.42 Å². The molecular weight excluding hydrogens is 551 g/mol. The number of aliphatic imine (C=N–C) groups is 1. The molecule has 1 aromatic carbocycles. The molecule has 0 spiro atoms. The highest BCUT2D eigenvalue weighted by atomic mass is 32.3. The third kappa shape index (κ3) is 11.1. The predicted molar refractivity (Wildman–Crippen MR) is 126 cm³/mol. The van der Waals surface area contributed by atoms with Gasteiger partial charge in [0.15, 0.2) is 5.78 Å². The zero-order valence-corrected chi connectivity index (χ0v) is 21.6. The van der Waals surface area contributed by atoms with Crippen LogP contribution in [0.4, 0.5) is 18.0 Å². The Balaban J connectivity index is 0.000000457. The van der Waals surface area contributed by atoms with Gasteiger partial charge in [-0.1, -0.05) is 61.9 Å². The first-order valence-electron chi connectivity index (χ1n) is 10.2. The topological polar surface area (TPSA) is 153 Å². The van der Waals surface area contributed by atoms with E-state index in [0.717, 1.165) is 36.6 Å². The van der Waals surface area contributed by atoms with Crippen LogP contribution in [0.5, 0.6) is 0 Å². The predicted octanol–water partition coefficient (Wildman–Crippen LogP) is 4.24. The zero-order valence-electron chi connectivity index (χ0n) is 19.1. The first-order chi connectivity index (χ1) is 16.6. The summed E-state index contributed by atoms with van der Waals surface area (Å²) in [4.78, 5) is 27.7. The maximum atomic E-state index is 11.9. The molecule has 1 fully saturated rings. The van der Waals surface area contributed by atoms with Crippen molar-refractivity contribution in [1.29, 1.82) is 0 Å². The molecule has 36 heavy (non-hydrogen) atoms. The highest BCUT2D eigenvalue weighted by Crippen LogP contribution is 2.28. The Hall–Kier alpha value is -2.43. The fraction of sp³-hybridized carbons (Fsp3) is 0.450. The number of alkyl halides is 3. The minimum Gasteiger partial charge on any atom is -0.511 e. The molecule has 1 aliphatic heterocycles. The van der Waals surface area contributed by atoms with Gasteiger partial charge in [-0.15, -0.1) is 3.63 Å². The van der Waals surface area contributed by atoms with Crippen molar-refractivity contribution in [2.75, 3.05) is 12.0 Å². The number of rotatable bonds is 8. The summed E-state index contributed by atoms with van der Waals surface area (Å²) < 4.78 is 81.9. The molecular formula is C20H24F3NO9S3. The molecule has 0 radical (unpaired) electrons. The van der Waals surface area contributed by atoms with Gasteiger partial charge in [-0.3, -0.25) is 4.79 Å². The van der Waals surface area contributed by atoms with E-state index in [1.807, 2.05) is 30.3 Å². The molecule has 1 N–H and O–H groups in total. The SMILES string of the molecule is CCCCCC(O)=C1C(=O)CSC1=NC(=O)OCc1ccccc1.CS(=O)(=O)OS(=O)(=O)C(F)(F)F. The monoisotopic (exact) mass is 575 g/mol. The lowest BCUT2D eigenvalue weighted by molar-refractivity contribution is -0.112. The van der Waals surface area contributed by atoms with E-state index in [2.05, 4.69) is 15.5 Å². The van der Waals surface area contributed by atoms with E-state index in [-0.39, 0.29) is 40.8 Å². The molecule has 1 aromatic rings. The Bertz CT molecular complexity index is 1190. The van der Waals surface area contributed by atoms with Gasteiger partial charge in [0.05, 0.1) is 17.6 Å². The van der Waals surface area contributed by atoms with Crippen molar-refractivity contribution in [3.8, 4) is 0 Å². The van der Waals surface area contributed by atoms with Crippen LogP contribution in [0.25, 0.3) is 0 Å². The van der Waals surface area contributed by atoms with Crippen LogP contribution in [0.15, 0.2) is 46.7 Å². The summed E-state index contributed by atoms with van der Waals surface area (Å²) >= 11 is 1.16. The number of allylic oxidation sites excluding steroid dienone is 1. The maximum Gasteiger partial charge on any atom is 0.524 e. The molecule has 0 aromatic heterocycles. The normalized spacial score (nSPS) is 16.9. The van der Waals surface area contributed by atoms with Gasteiger partial charge >= 0.3 is 21.7 Å². The fourth-order valence-corrected chi connectivity index (χ4v) is 5.01. The number of carbonyl (C=O) groups excluding carboxylic acids is 2. The maximum absolute atomic E-state index is 11.9. The van der Waals surface area contributed by atoms with Crippen LogP contribution in [0.1, 0.15) is 38.2 Å². The van der Waals surface area contributed by atoms with Crippen LogP contribution >= 0.6 is 11.8 Å². The largest absolute Gasteiger partial charge is 0.524 e. The number of halogens is 3. The Morgan fingerprint density at radius 2 is 1.75 bits per heavy atom. The number of unbranched alkanes of at least 4 members (excludes halogenated alkanes) is 2. The molecule has 1 amide bonds. The summed E-state index contributed by atoms with van der Waals surface area (Å²) in [5.41, 5.74) is -4.69. The molecule has 0 bridgehead atoms. The van der Waals surface area contributed by atoms with Gasteiger partial charge < -0.3 is 9.84 Å².